The minimum Gasteiger partial charge on any atom is -0.508 e. The second-order valence-corrected chi connectivity index (χ2v) is 8.98. The summed E-state index contributed by atoms with van der Waals surface area (Å²) in [6.07, 6.45) is 0. The highest BCUT2D eigenvalue weighted by Gasteiger charge is 2.44. The maximum atomic E-state index is 13.4. The van der Waals surface area contributed by atoms with Crippen molar-refractivity contribution in [1.82, 2.24) is 9.88 Å². The first kappa shape index (κ1) is 19.4. The molecule has 1 amide bonds. The maximum absolute atomic E-state index is 13.4. The first-order valence-electron chi connectivity index (χ1n) is 8.91. The number of Topliss-reactive ketones (excluding diaryl/α,β-unsaturated/α-hetero) is 1. The number of benzene rings is 1. The summed E-state index contributed by atoms with van der Waals surface area (Å²) in [6.45, 7) is 3.82. The number of hydrogen-bond donors (Lipinski definition) is 2. The fourth-order valence-electron chi connectivity index (χ4n) is 3.49. The molecule has 6 nitrogen and oxygen atoms in total. The van der Waals surface area contributed by atoms with Crippen LogP contribution >= 0.6 is 22.7 Å². The number of carbonyl (C=O) groups excluding carboxylic acids is 2. The largest absolute Gasteiger partial charge is 0.508 e. The second-order valence-electron chi connectivity index (χ2n) is 6.75. The van der Waals surface area contributed by atoms with Crippen LogP contribution in [0.4, 0.5) is 0 Å². The minimum absolute atomic E-state index is 0.0454. The summed E-state index contributed by atoms with van der Waals surface area (Å²) in [5.74, 6) is -1.43. The third-order valence-corrected chi connectivity index (χ3v) is 6.71. The molecule has 148 valence electrons. The van der Waals surface area contributed by atoms with Crippen molar-refractivity contribution < 1.29 is 19.8 Å². The van der Waals surface area contributed by atoms with Gasteiger partial charge >= 0.3 is 0 Å². The Morgan fingerprint density at radius 1 is 1.17 bits per heavy atom. The number of thiophene rings is 1. The summed E-state index contributed by atoms with van der Waals surface area (Å²) in [7, 11) is 0. The van der Waals surface area contributed by atoms with E-state index in [4.69, 9.17) is 0 Å². The average molecular weight is 427 g/mol. The van der Waals surface area contributed by atoms with E-state index in [1.165, 1.54) is 39.7 Å². The molecule has 3 heterocycles. The van der Waals surface area contributed by atoms with Crippen molar-refractivity contribution in [3.05, 3.63) is 79.1 Å². The normalized spacial score (nSPS) is 16.7. The Kier molecular flexibility index (Phi) is 4.97. The third kappa shape index (κ3) is 3.45. The van der Waals surface area contributed by atoms with Gasteiger partial charge in [-0.2, -0.15) is 0 Å². The number of carbonyl (C=O) groups is 2. The third-order valence-electron chi connectivity index (χ3n) is 4.77. The van der Waals surface area contributed by atoms with Gasteiger partial charge in [-0.25, -0.2) is 4.98 Å². The summed E-state index contributed by atoms with van der Waals surface area (Å²) >= 11 is 2.74. The van der Waals surface area contributed by atoms with E-state index in [1.807, 2.05) is 24.4 Å². The Bertz CT molecular complexity index is 1110. The van der Waals surface area contributed by atoms with Gasteiger partial charge in [-0.3, -0.25) is 9.59 Å². The van der Waals surface area contributed by atoms with E-state index in [0.717, 1.165) is 9.88 Å². The lowest BCUT2D eigenvalue weighted by Gasteiger charge is -2.26. The zero-order chi connectivity index (χ0) is 20.7. The molecule has 0 radical (unpaired) electrons. The summed E-state index contributed by atoms with van der Waals surface area (Å²) in [5, 5.41) is 23.0. The van der Waals surface area contributed by atoms with E-state index < -0.39 is 23.5 Å². The van der Waals surface area contributed by atoms with Crippen molar-refractivity contribution in [3.63, 3.8) is 0 Å². The Morgan fingerprint density at radius 2 is 1.90 bits per heavy atom. The number of rotatable bonds is 5. The number of aliphatic hydroxyl groups is 1. The van der Waals surface area contributed by atoms with Gasteiger partial charge in [0.25, 0.3) is 5.91 Å². The molecule has 0 bridgehead atoms. The number of phenolic OH excluding ortho intramolecular Hbond substituents is 1. The van der Waals surface area contributed by atoms with Crippen LogP contribution in [-0.4, -0.2) is 31.8 Å². The number of phenols is 1. The molecule has 1 unspecified atom stereocenters. The van der Waals surface area contributed by atoms with Crippen molar-refractivity contribution in [3.8, 4) is 5.75 Å². The van der Waals surface area contributed by atoms with Crippen LogP contribution in [0.1, 0.15) is 36.9 Å². The standard InChI is InChI=1S/C21H18N2O4S2/c1-11-20(29-12(2)22-11)18(25)16-17(13-5-7-14(24)8-6-13)23(21(27)19(16)26)10-15-4-3-9-28-15/h3-9,17,24,26H,10H2,1-2H3. The molecule has 0 fully saturated rings. The van der Waals surface area contributed by atoms with E-state index in [-0.39, 0.29) is 17.9 Å². The van der Waals surface area contributed by atoms with Crippen molar-refractivity contribution >= 4 is 34.4 Å². The van der Waals surface area contributed by atoms with Crippen LogP contribution in [0.25, 0.3) is 0 Å². The predicted octanol–water partition coefficient (Wildman–Crippen LogP) is 4.31. The molecule has 0 saturated carbocycles. The molecule has 4 rings (SSSR count). The fourth-order valence-corrected chi connectivity index (χ4v) is 5.06. The zero-order valence-corrected chi connectivity index (χ0v) is 17.4. The second kappa shape index (κ2) is 7.46. The van der Waals surface area contributed by atoms with E-state index in [0.29, 0.717) is 16.1 Å². The van der Waals surface area contributed by atoms with Gasteiger partial charge in [0, 0.05) is 4.88 Å². The summed E-state index contributed by atoms with van der Waals surface area (Å²) in [4.78, 5) is 33.4. The Morgan fingerprint density at radius 3 is 2.48 bits per heavy atom. The number of aliphatic hydroxyl groups excluding tert-OH is 1. The lowest BCUT2D eigenvalue weighted by Crippen LogP contribution is -2.30. The van der Waals surface area contributed by atoms with Crippen molar-refractivity contribution in [2.75, 3.05) is 0 Å². The number of amides is 1. The molecule has 0 saturated heterocycles. The fraction of sp³-hybridized carbons (Fsp3) is 0.190. The van der Waals surface area contributed by atoms with Crippen LogP contribution < -0.4 is 0 Å². The van der Waals surface area contributed by atoms with Crippen molar-refractivity contribution in [2.24, 2.45) is 0 Å². The highest BCUT2D eigenvalue weighted by atomic mass is 32.1. The van der Waals surface area contributed by atoms with Crippen LogP contribution in [0, 0.1) is 13.8 Å². The van der Waals surface area contributed by atoms with Gasteiger partial charge in [0.15, 0.2) is 5.76 Å². The van der Waals surface area contributed by atoms with Crippen LogP contribution in [0.3, 0.4) is 0 Å². The number of aromatic nitrogens is 1. The van der Waals surface area contributed by atoms with E-state index in [9.17, 15) is 19.8 Å². The quantitative estimate of drug-likeness (QED) is 0.594. The van der Waals surface area contributed by atoms with E-state index >= 15 is 0 Å². The van der Waals surface area contributed by atoms with Gasteiger partial charge in [0.05, 0.1) is 33.7 Å². The first-order chi connectivity index (χ1) is 13.9. The van der Waals surface area contributed by atoms with Gasteiger partial charge in [-0.1, -0.05) is 18.2 Å². The molecule has 0 spiro atoms. The molecule has 1 aliphatic rings. The summed E-state index contributed by atoms with van der Waals surface area (Å²) in [5.41, 5.74) is 1.26. The Labute approximate surface area is 175 Å². The number of nitrogens with zero attached hydrogens (tertiary/aromatic N) is 2. The zero-order valence-electron chi connectivity index (χ0n) is 15.7. The van der Waals surface area contributed by atoms with Crippen LogP contribution in [0.15, 0.2) is 53.1 Å². The monoisotopic (exact) mass is 426 g/mol. The lowest BCUT2D eigenvalue weighted by atomic mass is 9.95. The molecule has 1 aliphatic heterocycles. The van der Waals surface area contributed by atoms with Crippen molar-refractivity contribution in [2.45, 2.75) is 26.4 Å². The first-order valence-corrected chi connectivity index (χ1v) is 10.6. The molecule has 2 N–H and O–H groups in total. The highest BCUT2D eigenvalue weighted by Crippen LogP contribution is 2.41. The number of thiazole rings is 1. The minimum atomic E-state index is -0.750. The molecule has 29 heavy (non-hydrogen) atoms. The van der Waals surface area contributed by atoms with E-state index in [1.54, 1.807) is 19.1 Å². The average Bonchev–Trinajstić information content (AvgIpc) is 3.38. The number of hydrogen-bond acceptors (Lipinski definition) is 7. The molecule has 2 aromatic heterocycles. The SMILES string of the molecule is Cc1nc(C)c(C(=O)C2=C(O)C(=O)N(Cc3cccs3)C2c2ccc(O)cc2)s1. The topological polar surface area (TPSA) is 90.7 Å². The Hall–Kier alpha value is -2.97. The van der Waals surface area contributed by atoms with Gasteiger partial charge in [-0.05, 0) is 43.0 Å². The smallest absolute Gasteiger partial charge is 0.290 e. The number of ketones is 1. The molecule has 3 aromatic rings. The molecule has 0 aliphatic carbocycles. The van der Waals surface area contributed by atoms with Gasteiger partial charge < -0.3 is 15.1 Å². The van der Waals surface area contributed by atoms with Crippen LogP contribution in [-0.2, 0) is 11.3 Å². The van der Waals surface area contributed by atoms with Crippen molar-refractivity contribution in [1.29, 1.82) is 0 Å². The van der Waals surface area contributed by atoms with Crippen LogP contribution in [0.5, 0.6) is 5.75 Å². The summed E-state index contributed by atoms with van der Waals surface area (Å²) in [6, 6.07) is 9.36. The highest BCUT2D eigenvalue weighted by molar-refractivity contribution is 7.14. The number of aryl methyl sites for hydroxylation is 2. The summed E-state index contributed by atoms with van der Waals surface area (Å²) < 4.78 is 0. The lowest BCUT2D eigenvalue weighted by molar-refractivity contribution is -0.130. The molecular weight excluding hydrogens is 408 g/mol. The molecule has 1 aromatic carbocycles. The van der Waals surface area contributed by atoms with Crippen LogP contribution in [0.2, 0.25) is 0 Å². The molecular formula is C21H18N2O4S2. The predicted molar refractivity (Wildman–Crippen MR) is 111 cm³/mol. The molecule has 1 atom stereocenters. The maximum Gasteiger partial charge on any atom is 0.290 e. The van der Waals surface area contributed by atoms with Gasteiger partial charge in [0.2, 0.25) is 5.78 Å². The van der Waals surface area contributed by atoms with E-state index in [2.05, 4.69) is 4.98 Å². The number of aromatic hydroxyl groups is 1. The van der Waals surface area contributed by atoms with Gasteiger partial charge in [0.1, 0.15) is 5.75 Å². The molecule has 8 heteroatoms. The van der Waals surface area contributed by atoms with Gasteiger partial charge in [-0.15, -0.1) is 22.7 Å². The Balaban J connectivity index is 1.82.